The second kappa shape index (κ2) is 7.20. The summed E-state index contributed by atoms with van der Waals surface area (Å²) in [4.78, 5) is 7.25. The summed E-state index contributed by atoms with van der Waals surface area (Å²) in [5.74, 6) is 0.757. The standard InChI is InChI=1S/C16H26F3N3/c1-6-11(2)9-21-13(14-10-20-12(3)22-14)7-8-15(4,5)16(17,18)19/h9-10,13,21H,6-8H2,1-5H3,(H,20,22)/b11-9-. The highest BCUT2D eigenvalue weighted by molar-refractivity contribution is 5.09. The lowest BCUT2D eigenvalue weighted by Crippen LogP contribution is -2.33. The lowest BCUT2D eigenvalue weighted by molar-refractivity contribution is -0.214. The molecular weight excluding hydrogens is 291 g/mol. The summed E-state index contributed by atoms with van der Waals surface area (Å²) in [6, 6.07) is -0.204. The van der Waals surface area contributed by atoms with E-state index in [0.717, 1.165) is 23.5 Å². The fourth-order valence-electron chi connectivity index (χ4n) is 1.94. The van der Waals surface area contributed by atoms with Crippen LogP contribution in [0.1, 0.15) is 64.5 Å². The first kappa shape index (κ1) is 18.6. The van der Waals surface area contributed by atoms with Gasteiger partial charge in [-0.25, -0.2) is 4.98 Å². The van der Waals surface area contributed by atoms with Crippen LogP contribution in [0.3, 0.4) is 0 Å². The Morgan fingerprint density at radius 2 is 2.05 bits per heavy atom. The van der Waals surface area contributed by atoms with E-state index in [4.69, 9.17) is 0 Å². The Morgan fingerprint density at radius 3 is 2.50 bits per heavy atom. The molecule has 0 aliphatic rings. The molecule has 0 bridgehead atoms. The van der Waals surface area contributed by atoms with Crippen molar-refractivity contribution in [1.82, 2.24) is 15.3 Å². The molecular formula is C16H26F3N3. The number of nitrogens with one attached hydrogen (secondary N) is 2. The summed E-state index contributed by atoms with van der Waals surface area (Å²) in [6.45, 7) is 8.34. The van der Waals surface area contributed by atoms with Crippen LogP contribution in [-0.2, 0) is 0 Å². The fourth-order valence-corrected chi connectivity index (χ4v) is 1.94. The summed E-state index contributed by atoms with van der Waals surface area (Å²) in [7, 11) is 0. The van der Waals surface area contributed by atoms with Crippen LogP contribution in [0.25, 0.3) is 0 Å². The van der Waals surface area contributed by atoms with Gasteiger partial charge in [0, 0.05) is 0 Å². The van der Waals surface area contributed by atoms with E-state index < -0.39 is 11.6 Å². The Balaban J connectivity index is 2.83. The average molecular weight is 317 g/mol. The predicted octanol–water partition coefficient (Wildman–Crippen LogP) is 5.03. The number of alkyl halides is 3. The summed E-state index contributed by atoms with van der Waals surface area (Å²) in [6.07, 6.45) is 0.684. The molecule has 1 heterocycles. The molecule has 1 rings (SSSR count). The molecule has 0 saturated carbocycles. The second-order valence-corrected chi connectivity index (χ2v) is 6.41. The van der Waals surface area contributed by atoms with Gasteiger partial charge in [-0.3, -0.25) is 0 Å². The summed E-state index contributed by atoms with van der Waals surface area (Å²) >= 11 is 0. The maximum Gasteiger partial charge on any atom is 0.393 e. The van der Waals surface area contributed by atoms with Gasteiger partial charge in [-0.05, 0) is 39.3 Å². The van der Waals surface area contributed by atoms with Crippen LogP contribution in [0.15, 0.2) is 18.0 Å². The first-order valence-corrected chi connectivity index (χ1v) is 7.56. The lowest BCUT2D eigenvalue weighted by atomic mass is 9.85. The van der Waals surface area contributed by atoms with Crippen LogP contribution in [0.5, 0.6) is 0 Å². The van der Waals surface area contributed by atoms with Gasteiger partial charge < -0.3 is 10.3 Å². The van der Waals surface area contributed by atoms with Crippen molar-refractivity contribution in [2.75, 3.05) is 0 Å². The molecule has 0 saturated heterocycles. The molecule has 6 heteroatoms. The van der Waals surface area contributed by atoms with Crippen LogP contribution in [-0.4, -0.2) is 16.1 Å². The SMILES string of the molecule is CC/C(C)=C\NC(CCC(C)(C)C(F)(F)F)c1cnc(C)[nH]1. The van der Waals surface area contributed by atoms with Gasteiger partial charge in [-0.1, -0.05) is 26.3 Å². The minimum absolute atomic E-state index is 0.0469. The molecule has 126 valence electrons. The second-order valence-electron chi connectivity index (χ2n) is 6.41. The van der Waals surface area contributed by atoms with Gasteiger partial charge in [0.2, 0.25) is 0 Å². The number of nitrogens with zero attached hydrogens (tertiary/aromatic N) is 1. The van der Waals surface area contributed by atoms with Crippen LogP contribution in [0.4, 0.5) is 13.2 Å². The minimum atomic E-state index is -4.20. The zero-order chi connectivity index (χ0) is 17.0. The van der Waals surface area contributed by atoms with E-state index in [2.05, 4.69) is 15.3 Å². The maximum atomic E-state index is 13.0. The van der Waals surface area contributed by atoms with E-state index in [9.17, 15) is 13.2 Å². The van der Waals surface area contributed by atoms with Crippen molar-refractivity contribution in [2.45, 2.75) is 66.1 Å². The number of hydrogen-bond acceptors (Lipinski definition) is 2. The molecule has 0 aliphatic carbocycles. The Labute approximate surface area is 130 Å². The van der Waals surface area contributed by atoms with Crippen molar-refractivity contribution in [1.29, 1.82) is 0 Å². The van der Waals surface area contributed by atoms with Gasteiger partial charge in [0.1, 0.15) is 5.82 Å². The van der Waals surface area contributed by atoms with Gasteiger partial charge in [0.25, 0.3) is 0 Å². The summed E-state index contributed by atoms with van der Waals surface area (Å²) in [5, 5.41) is 3.22. The van der Waals surface area contributed by atoms with Crippen molar-refractivity contribution < 1.29 is 13.2 Å². The first-order chi connectivity index (χ1) is 10.1. The monoisotopic (exact) mass is 317 g/mol. The Bertz CT molecular complexity index is 501. The van der Waals surface area contributed by atoms with E-state index in [0.29, 0.717) is 6.42 Å². The molecule has 3 nitrogen and oxygen atoms in total. The number of aromatic amines is 1. The molecule has 0 spiro atoms. The highest BCUT2D eigenvalue weighted by Crippen LogP contribution is 2.42. The molecule has 1 aromatic heterocycles. The van der Waals surface area contributed by atoms with E-state index in [1.165, 1.54) is 13.8 Å². The van der Waals surface area contributed by atoms with Crippen LogP contribution in [0, 0.1) is 12.3 Å². The third kappa shape index (κ3) is 5.07. The molecule has 1 unspecified atom stereocenters. The number of H-pyrrole nitrogens is 1. The molecule has 22 heavy (non-hydrogen) atoms. The normalized spacial score (nSPS) is 15.0. The summed E-state index contributed by atoms with van der Waals surface area (Å²) < 4.78 is 39.0. The Kier molecular flexibility index (Phi) is 6.08. The number of rotatable bonds is 7. The highest BCUT2D eigenvalue weighted by atomic mass is 19.4. The van der Waals surface area contributed by atoms with Crippen molar-refractivity contribution in [3.8, 4) is 0 Å². The number of allylic oxidation sites excluding steroid dienone is 1. The van der Waals surface area contributed by atoms with Gasteiger partial charge >= 0.3 is 6.18 Å². The quantitative estimate of drug-likeness (QED) is 0.740. The van der Waals surface area contributed by atoms with Gasteiger partial charge in [-0.15, -0.1) is 0 Å². The van der Waals surface area contributed by atoms with E-state index in [1.54, 1.807) is 6.20 Å². The third-order valence-electron chi connectivity index (χ3n) is 4.01. The van der Waals surface area contributed by atoms with Crippen LogP contribution in [0.2, 0.25) is 0 Å². The summed E-state index contributed by atoms with van der Waals surface area (Å²) in [5.41, 5.74) is 0.262. The number of hydrogen-bond donors (Lipinski definition) is 2. The zero-order valence-electron chi connectivity index (χ0n) is 13.9. The highest BCUT2D eigenvalue weighted by Gasteiger charge is 2.46. The van der Waals surface area contributed by atoms with Crippen LogP contribution >= 0.6 is 0 Å². The van der Waals surface area contributed by atoms with Gasteiger partial charge in [-0.2, -0.15) is 13.2 Å². The molecule has 2 N–H and O–H groups in total. The number of aromatic nitrogens is 2. The topological polar surface area (TPSA) is 40.7 Å². The van der Waals surface area contributed by atoms with Gasteiger partial charge in [0.15, 0.2) is 0 Å². The minimum Gasteiger partial charge on any atom is -0.383 e. The first-order valence-electron chi connectivity index (χ1n) is 7.56. The predicted molar refractivity (Wildman–Crippen MR) is 82.3 cm³/mol. The van der Waals surface area contributed by atoms with Crippen molar-refractivity contribution in [3.63, 3.8) is 0 Å². The van der Waals surface area contributed by atoms with Crippen LogP contribution < -0.4 is 5.32 Å². The fraction of sp³-hybridized carbons (Fsp3) is 0.688. The molecule has 0 fully saturated rings. The molecule has 1 aromatic rings. The smallest absolute Gasteiger partial charge is 0.383 e. The Morgan fingerprint density at radius 1 is 1.41 bits per heavy atom. The maximum absolute atomic E-state index is 13.0. The molecule has 0 amide bonds. The number of halogens is 3. The molecule has 0 radical (unpaired) electrons. The van der Waals surface area contributed by atoms with Crippen molar-refractivity contribution >= 4 is 0 Å². The van der Waals surface area contributed by atoms with E-state index in [1.807, 2.05) is 27.0 Å². The van der Waals surface area contributed by atoms with E-state index >= 15 is 0 Å². The van der Waals surface area contributed by atoms with Gasteiger partial charge in [0.05, 0.1) is 23.3 Å². The van der Waals surface area contributed by atoms with Crippen molar-refractivity contribution in [2.24, 2.45) is 5.41 Å². The van der Waals surface area contributed by atoms with E-state index in [-0.39, 0.29) is 12.5 Å². The Hall–Kier alpha value is -1.46. The number of imidazole rings is 1. The molecule has 1 atom stereocenters. The average Bonchev–Trinajstić information content (AvgIpc) is 2.83. The lowest BCUT2D eigenvalue weighted by Gasteiger charge is -2.29. The third-order valence-corrected chi connectivity index (χ3v) is 4.01. The zero-order valence-corrected chi connectivity index (χ0v) is 13.9. The molecule has 0 aromatic carbocycles. The van der Waals surface area contributed by atoms with Crippen molar-refractivity contribution in [3.05, 3.63) is 29.5 Å². The molecule has 0 aliphatic heterocycles. The largest absolute Gasteiger partial charge is 0.393 e. The number of aryl methyl sites for hydroxylation is 1.